The largest absolute Gasteiger partial charge is 0.416 e. The predicted molar refractivity (Wildman–Crippen MR) is 127 cm³/mol. The summed E-state index contributed by atoms with van der Waals surface area (Å²) in [4.78, 5) is 4.45. The van der Waals surface area contributed by atoms with Crippen LogP contribution in [-0.2, 0) is 16.2 Å². The first-order valence-corrected chi connectivity index (χ1v) is 12.7. The number of rotatable bonds is 4. The molecule has 1 aliphatic rings. The first-order valence-electron chi connectivity index (χ1n) is 10.9. The third-order valence-electron chi connectivity index (χ3n) is 6.08. The average Bonchev–Trinajstić information content (AvgIpc) is 3.46. The number of hydrogen-bond donors (Lipinski definition) is 0. The van der Waals surface area contributed by atoms with Crippen LogP contribution in [0.5, 0.6) is 0 Å². The number of nitrogens with zero attached hydrogens (tertiary/aromatic N) is 4. The monoisotopic (exact) mass is 520 g/mol. The zero-order valence-electron chi connectivity index (χ0n) is 18.6. The van der Waals surface area contributed by atoms with E-state index in [1.54, 1.807) is 31.2 Å². The maximum Gasteiger partial charge on any atom is 0.416 e. The number of aryl methyl sites for hydroxylation is 1. The van der Waals surface area contributed by atoms with E-state index >= 15 is 0 Å². The van der Waals surface area contributed by atoms with Gasteiger partial charge in [-0.05, 0) is 38.0 Å². The molecule has 35 heavy (non-hydrogen) atoms. The molecule has 0 atom stereocenters. The van der Waals surface area contributed by atoms with Crippen molar-refractivity contribution in [2.45, 2.75) is 30.8 Å². The minimum absolute atomic E-state index is 0.00160. The molecule has 0 amide bonds. The zero-order valence-corrected chi connectivity index (χ0v) is 20.1. The van der Waals surface area contributed by atoms with Gasteiger partial charge in [0.25, 0.3) is 0 Å². The highest BCUT2D eigenvalue weighted by Crippen LogP contribution is 2.39. The van der Waals surface area contributed by atoms with Crippen molar-refractivity contribution in [2.75, 3.05) is 13.1 Å². The average molecular weight is 521 g/mol. The molecule has 5 rings (SSSR count). The fourth-order valence-electron chi connectivity index (χ4n) is 4.40. The van der Waals surface area contributed by atoms with Crippen LogP contribution >= 0.6 is 11.6 Å². The van der Waals surface area contributed by atoms with Crippen molar-refractivity contribution in [2.24, 2.45) is 0 Å². The number of alkyl halides is 3. The maximum atomic E-state index is 13.4. The summed E-state index contributed by atoms with van der Waals surface area (Å²) in [6, 6.07) is 11.6. The minimum atomic E-state index is -4.49. The topological polar surface area (TPSA) is 67.6 Å². The lowest BCUT2D eigenvalue weighted by Crippen LogP contribution is -2.28. The molecule has 0 bridgehead atoms. The van der Waals surface area contributed by atoms with Crippen LogP contribution in [0, 0.1) is 6.92 Å². The van der Waals surface area contributed by atoms with E-state index in [0.29, 0.717) is 40.5 Å². The fraction of sp³-hybridized carbons (Fsp3) is 0.250. The molecule has 1 fully saturated rings. The van der Waals surface area contributed by atoms with Crippen molar-refractivity contribution in [3.8, 4) is 22.4 Å². The molecule has 0 spiro atoms. The van der Waals surface area contributed by atoms with Gasteiger partial charge in [0.2, 0.25) is 10.0 Å². The van der Waals surface area contributed by atoms with E-state index < -0.39 is 21.8 Å². The summed E-state index contributed by atoms with van der Waals surface area (Å²) >= 11 is 6.44. The zero-order chi connectivity index (χ0) is 25.0. The van der Waals surface area contributed by atoms with Gasteiger partial charge < -0.3 is 0 Å². The molecule has 11 heteroatoms. The second kappa shape index (κ2) is 8.61. The number of benzene rings is 2. The van der Waals surface area contributed by atoms with Crippen LogP contribution in [0.15, 0.2) is 59.6 Å². The lowest BCUT2D eigenvalue weighted by Gasteiger charge is -2.16. The SMILES string of the molecule is Cc1nn2c(-c3ccc(C(F)(F)F)cc3)c(-c3ccccc3Cl)cnc2c1S(=O)(=O)N1CCCC1. The first-order chi connectivity index (χ1) is 16.6. The van der Waals surface area contributed by atoms with Crippen LogP contribution in [0.1, 0.15) is 24.1 Å². The summed E-state index contributed by atoms with van der Waals surface area (Å²) in [5.74, 6) is 0. The quantitative estimate of drug-likeness (QED) is 0.339. The van der Waals surface area contributed by atoms with Crippen molar-refractivity contribution in [1.82, 2.24) is 18.9 Å². The summed E-state index contributed by atoms with van der Waals surface area (Å²) in [5, 5.41) is 4.91. The normalized spacial score (nSPS) is 15.2. The van der Waals surface area contributed by atoms with Gasteiger partial charge in [0.1, 0.15) is 4.90 Å². The molecule has 0 saturated carbocycles. The van der Waals surface area contributed by atoms with E-state index in [-0.39, 0.29) is 16.2 Å². The Balaban J connectivity index is 1.80. The standard InChI is InChI=1S/C24H20ClF3N4O2S/c1-15-22(35(33,34)31-12-4-5-13-31)23-29-14-19(18-6-2-3-7-20(18)25)21(32(23)30-15)16-8-10-17(11-9-16)24(26,27)28/h2-3,6-11,14H,4-5,12-13H2,1H3. The van der Waals surface area contributed by atoms with Crippen LogP contribution in [0.2, 0.25) is 5.02 Å². The number of sulfonamides is 1. The molecule has 1 saturated heterocycles. The fourth-order valence-corrected chi connectivity index (χ4v) is 6.42. The van der Waals surface area contributed by atoms with Gasteiger partial charge >= 0.3 is 6.18 Å². The molecule has 2 aromatic carbocycles. The second-order valence-corrected chi connectivity index (χ2v) is 10.6. The van der Waals surface area contributed by atoms with E-state index in [4.69, 9.17) is 11.6 Å². The molecule has 2 aromatic heterocycles. The Morgan fingerprint density at radius 2 is 1.63 bits per heavy atom. The molecule has 0 aliphatic carbocycles. The van der Waals surface area contributed by atoms with Crippen molar-refractivity contribution < 1.29 is 21.6 Å². The van der Waals surface area contributed by atoms with E-state index in [0.717, 1.165) is 25.0 Å². The Bertz CT molecular complexity index is 1530. The maximum absolute atomic E-state index is 13.4. The van der Waals surface area contributed by atoms with Gasteiger partial charge in [0.15, 0.2) is 5.65 Å². The number of halogens is 4. The first kappa shape index (κ1) is 23.8. The number of aromatic nitrogens is 3. The van der Waals surface area contributed by atoms with Crippen LogP contribution in [-0.4, -0.2) is 40.4 Å². The summed E-state index contributed by atoms with van der Waals surface area (Å²) in [6.07, 6.45) is -1.44. The molecule has 3 heterocycles. The Labute approximate surface area is 205 Å². The summed E-state index contributed by atoms with van der Waals surface area (Å²) < 4.78 is 69.2. The van der Waals surface area contributed by atoms with Crippen LogP contribution in [0.3, 0.4) is 0 Å². The van der Waals surface area contributed by atoms with E-state index in [1.165, 1.54) is 27.2 Å². The lowest BCUT2D eigenvalue weighted by atomic mass is 9.99. The smallest absolute Gasteiger partial charge is 0.235 e. The molecular formula is C24H20ClF3N4O2S. The van der Waals surface area contributed by atoms with Crippen molar-refractivity contribution >= 4 is 27.3 Å². The highest BCUT2D eigenvalue weighted by Gasteiger charge is 2.34. The Kier molecular flexibility index (Phi) is 5.85. The van der Waals surface area contributed by atoms with Gasteiger partial charge in [-0.1, -0.05) is 41.9 Å². The lowest BCUT2D eigenvalue weighted by molar-refractivity contribution is -0.137. The van der Waals surface area contributed by atoms with Gasteiger partial charge in [-0.2, -0.15) is 22.6 Å². The Hall–Kier alpha value is -2.95. The van der Waals surface area contributed by atoms with Crippen molar-refractivity contribution in [3.05, 3.63) is 71.0 Å². The molecule has 0 radical (unpaired) electrons. The molecular weight excluding hydrogens is 501 g/mol. The second-order valence-electron chi connectivity index (χ2n) is 8.34. The van der Waals surface area contributed by atoms with Gasteiger partial charge in [-0.3, -0.25) is 0 Å². The Morgan fingerprint density at radius 1 is 0.971 bits per heavy atom. The molecule has 0 N–H and O–H groups in total. The molecule has 4 aromatic rings. The highest BCUT2D eigenvalue weighted by atomic mass is 35.5. The van der Waals surface area contributed by atoms with Gasteiger partial charge in [0.05, 0.1) is 17.0 Å². The predicted octanol–water partition coefficient (Wildman–Crippen LogP) is 5.83. The summed E-state index contributed by atoms with van der Waals surface area (Å²) in [5.41, 5.74) is 1.48. The van der Waals surface area contributed by atoms with Crippen LogP contribution < -0.4 is 0 Å². The molecule has 1 aliphatic heterocycles. The van der Waals surface area contributed by atoms with E-state index in [9.17, 15) is 21.6 Å². The third-order valence-corrected chi connectivity index (χ3v) is 8.45. The summed E-state index contributed by atoms with van der Waals surface area (Å²) in [6.45, 7) is 2.43. The molecule has 6 nitrogen and oxygen atoms in total. The van der Waals surface area contributed by atoms with Gasteiger partial charge in [-0.25, -0.2) is 17.9 Å². The van der Waals surface area contributed by atoms with E-state index in [1.807, 2.05) is 0 Å². The molecule has 0 unspecified atom stereocenters. The third kappa shape index (κ3) is 4.09. The highest BCUT2D eigenvalue weighted by molar-refractivity contribution is 7.89. The summed E-state index contributed by atoms with van der Waals surface area (Å²) in [7, 11) is -3.85. The molecule has 182 valence electrons. The van der Waals surface area contributed by atoms with Crippen LogP contribution in [0.25, 0.3) is 28.0 Å². The minimum Gasteiger partial charge on any atom is -0.235 e. The number of fused-ring (bicyclic) bond motifs is 1. The van der Waals surface area contributed by atoms with Crippen molar-refractivity contribution in [1.29, 1.82) is 0 Å². The van der Waals surface area contributed by atoms with Gasteiger partial charge in [-0.15, -0.1) is 0 Å². The van der Waals surface area contributed by atoms with Crippen LogP contribution in [0.4, 0.5) is 13.2 Å². The van der Waals surface area contributed by atoms with Crippen molar-refractivity contribution in [3.63, 3.8) is 0 Å². The van der Waals surface area contributed by atoms with E-state index in [2.05, 4.69) is 10.1 Å². The Morgan fingerprint density at radius 3 is 2.26 bits per heavy atom. The number of hydrogen-bond acceptors (Lipinski definition) is 4. The van der Waals surface area contributed by atoms with Gasteiger partial charge in [0, 0.05) is 41.0 Å².